The van der Waals surface area contributed by atoms with Gasteiger partial charge in [0.15, 0.2) is 0 Å². The summed E-state index contributed by atoms with van der Waals surface area (Å²) in [5, 5.41) is 13.6. The summed E-state index contributed by atoms with van der Waals surface area (Å²) in [6.07, 6.45) is 5.48. The Bertz CT molecular complexity index is 638. The largest absolute Gasteiger partial charge is 0.391 e. The third-order valence-electron chi connectivity index (χ3n) is 3.53. The van der Waals surface area contributed by atoms with Gasteiger partial charge in [-0.05, 0) is 12.7 Å². The average Bonchev–Trinajstić information content (AvgIpc) is 2.94. The van der Waals surface area contributed by atoms with Crippen LogP contribution in [0.1, 0.15) is 18.0 Å². The number of aliphatic hydroxyl groups is 1. The Balaban J connectivity index is 1.97. The molecule has 0 aromatic carbocycles. The molecule has 7 heteroatoms. The quantitative estimate of drug-likeness (QED) is 0.652. The number of nitrogens with zero attached hydrogens (tertiary/aromatic N) is 1. The van der Waals surface area contributed by atoms with E-state index in [-0.39, 0.29) is 11.6 Å². The molecule has 2 aromatic heterocycles. The Labute approximate surface area is 114 Å². The van der Waals surface area contributed by atoms with Gasteiger partial charge in [0, 0.05) is 23.6 Å². The van der Waals surface area contributed by atoms with Crippen molar-refractivity contribution < 1.29 is 5.11 Å². The van der Waals surface area contributed by atoms with Gasteiger partial charge in [0.05, 0.1) is 18.5 Å². The van der Waals surface area contributed by atoms with Crippen LogP contribution < -0.4 is 10.9 Å². The van der Waals surface area contributed by atoms with Gasteiger partial charge in [-0.25, -0.2) is 4.98 Å². The minimum atomic E-state index is -0.447. The molecule has 102 valence electrons. The van der Waals surface area contributed by atoms with Gasteiger partial charge in [-0.3, -0.25) is 4.79 Å². The molecule has 2 aromatic rings. The molecular weight excluding hydrogens is 264 g/mol. The first kappa shape index (κ1) is 12.7. The number of aliphatic hydroxyl groups excluding tert-OH is 1. The zero-order chi connectivity index (χ0) is 13.4. The van der Waals surface area contributed by atoms with Crippen molar-refractivity contribution in [3.05, 3.63) is 28.4 Å². The average molecular weight is 280 g/mol. The predicted molar refractivity (Wildman–Crippen MR) is 75.4 cm³/mol. The van der Waals surface area contributed by atoms with E-state index in [0.717, 1.165) is 17.7 Å². The van der Waals surface area contributed by atoms with E-state index in [0.29, 0.717) is 17.1 Å². The van der Waals surface area contributed by atoms with Crippen molar-refractivity contribution in [3.63, 3.8) is 0 Å². The first-order valence-corrected chi connectivity index (χ1v) is 7.58. The highest BCUT2D eigenvalue weighted by atomic mass is 32.2. The standard InChI is InChI=1S/C12H16N4O2S/c1-19-4-6-2-8(17)9(16-6)7-3-13-11-10(7)14-5-15-12(11)18/h3,5-6,8-9,13,16-17H,2,4H2,1H3,(H,14,15,18). The predicted octanol–water partition coefficient (Wildman–Crippen LogP) is 0.378. The van der Waals surface area contributed by atoms with E-state index in [4.69, 9.17) is 0 Å². The summed E-state index contributed by atoms with van der Waals surface area (Å²) in [4.78, 5) is 21.3. The maximum absolute atomic E-state index is 11.6. The summed E-state index contributed by atoms with van der Waals surface area (Å²) in [5.41, 5.74) is 1.76. The minimum absolute atomic E-state index is 0.166. The molecule has 4 N–H and O–H groups in total. The number of H-pyrrole nitrogens is 2. The van der Waals surface area contributed by atoms with Crippen LogP contribution in [0.15, 0.2) is 17.3 Å². The smallest absolute Gasteiger partial charge is 0.275 e. The van der Waals surface area contributed by atoms with Crippen molar-refractivity contribution in [1.29, 1.82) is 0 Å². The van der Waals surface area contributed by atoms with E-state index < -0.39 is 6.10 Å². The third kappa shape index (κ3) is 2.18. The van der Waals surface area contributed by atoms with Crippen LogP contribution in [-0.4, -0.2) is 44.2 Å². The number of fused-ring (bicyclic) bond motifs is 1. The molecule has 0 saturated carbocycles. The van der Waals surface area contributed by atoms with Crippen LogP contribution in [-0.2, 0) is 0 Å². The van der Waals surface area contributed by atoms with Crippen LogP contribution in [0.2, 0.25) is 0 Å². The molecule has 3 rings (SSSR count). The van der Waals surface area contributed by atoms with Gasteiger partial charge in [0.1, 0.15) is 11.0 Å². The number of aromatic nitrogens is 3. The zero-order valence-electron chi connectivity index (χ0n) is 10.5. The van der Waals surface area contributed by atoms with Crippen LogP contribution >= 0.6 is 11.8 Å². The third-order valence-corrected chi connectivity index (χ3v) is 4.26. The lowest BCUT2D eigenvalue weighted by molar-refractivity contribution is 0.160. The molecule has 3 unspecified atom stereocenters. The number of rotatable bonds is 3. The molecule has 1 aliphatic heterocycles. The van der Waals surface area contributed by atoms with Gasteiger partial charge in [0.2, 0.25) is 0 Å². The molecule has 6 nitrogen and oxygen atoms in total. The lowest BCUT2D eigenvalue weighted by atomic mass is 10.0. The van der Waals surface area contributed by atoms with Crippen LogP contribution in [0.4, 0.5) is 0 Å². The number of thioether (sulfide) groups is 1. The van der Waals surface area contributed by atoms with E-state index in [1.54, 1.807) is 18.0 Å². The van der Waals surface area contributed by atoms with Gasteiger partial charge in [0.25, 0.3) is 5.56 Å². The Morgan fingerprint density at radius 2 is 2.37 bits per heavy atom. The van der Waals surface area contributed by atoms with E-state index >= 15 is 0 Å². The Kier molecular flexibility index (Phi) is 3.34. The molecule has 3 heterocycles. The number of aromatic amines is 2. The van der Waals surface area contributed by atoms with E-state index in [9.17, 15) is 9.90 Å². The summed E-state index contributed by atoms with van der Waals surface area (Å²) in [5.74, 6) is 0.962. The zero-order valence-corrected chi connectivity index (χ0v) is 11.3. The highest BCUT2D eigenvalue weighted by Crippen LogP contribution is 2.31. The highest BCUT2D eigenvalue weighted by Gasteiger charge is 2.34. The van der Waals surface area contributed by atoms with Crippen molar-refractivity contribution in [2.45, 2.75) is 24.6 Å². The highest BCUT2D eigenvalue weighted by molar-refractivity contribution is 7.98. The molecule has 19 heavy (non-hydrogen) atoms. The Hall–Kier alpha value is -1.31. The number of hydrogen-bond donors (Lipinski definition) is 4. The van der Waals surface area contributed by atoms with Crippen molar-refractivity contribution >= 4 is 22.8 Å². The van der Waals surface area contributed by atoms with Crippen molar-refractivity contribution in [2.24, 2.45) is 0 Å². The van der Waals surface area contributed by atoms with Crippen LogP contribution in [0.5, 0.6) is 0 Å². The fraction of sp³-hybridized carbons (Fsp3) is 0.500. The molecule has 1 saturated heterocycles. The van der Waals surface area contributed by atoms with Gasteiger partial charge in [-0.1, -0.05) is 0 Å². The van der Waals surface area contributed by atoms with Gasteiger partial charge < -0.3 is 20.4 Å². The van der Waals surface area contributed by atoms with Crippen molar-refractivity contribution in [2.75, 3.05) is 12.0 Å². The fourth-order valence-electron chi connectivity index (χ4n) is 2.68. The molecule has 0 radical (unpaired) electrons. The minimum Gasteiger partial charge on any atom is -0.391 e. The van der Waals surface area contributed by atoms with Gasteiger partial charge in [-0.2, -0.15) is 11.8 Å². The normalized spacial score (nSPS) is 27.2. The van der Waals surface area contributed by atoms with E-state index in [1.165, 1.54) is 6.33 Å². The molecule has 1 fully saturated rings. The van der Waals surface area contributed by atoms with Crippen molar-refractivity contribution in [3.8, 4) is 0 Å². The maximum atomic E-state index is 11.6. The summed E-state index contributed by atoms with van der Waals surface area (Å²) in [6.45, 7) is 0. The molecule has 1 aliphatic rings. The first-order valence-electron chi connectivity index (χ1n) is 6.18. The van der Waals surface area contributed by atoms with E-state index in [2.05, 4.69) is 20.3 Å². The second-order valence-corrected chi connectivity index (χ2v) is 5.71. The summed E-state index contributed by atoms with van der Waals surface area (Å²) in [6, 6.07) is 0.127. The monoisotopic (exact) mass is 280 g/mol. The number of hydrogen-bond acceptors (Lipinski definition) is 5. The van der Waals surface area contributed by atoms with E-state index in [1.807, 2.05) is 6.26 Å². The molecular formula is C12H16N4O2S. The Morgan fingerprint density at radius 3 is 3.16 bits per heavy atom. The molecule has 0 aliphatic carbocycles. The van der Waals surface area contributed by atoms with Crippen LogP contribution in [0, 0.1) is 0 Å². The lowest BCUT2D eigenvalue weighted by Crippen LogP contribution is -2.27. The van der Waals surface area contributed by atoms with Gasteiger partial charge >= 0.3 is 0 Å². The molecule has 3 atom stereocenters. The molecule has 0 spiro atoms. The van der Waals surface area contributed by atoms with Crippen LogP contribution in [0.25, 0.3) is 11.0 Å². The second-order valence-electron chi connectivity index (χ2n) is 4.80. The first-order chi connectivity index (χ1) is 9.20. The second kappa shape index (κ2) is 4.99. The lowest BCUT2D eigenvalue weighted by Gasteiger charge is -2.14. The summed E-state index contributed by atoms with van der Waals surface area (Å²) < 4.78 is 0. The maximum Gasteiger partial charge on any atom is 0.275 e. The fourth-order valence-corrected chi connectivity index (χ4v) is 3.32. The number of nitrogens with one attached hydrogen (secondary N) is 3. The topological polar surface area (TPSA) is 93.8 Å². The Morgan fingerprint density at radius 1 is 1.53 bits per heavy atom. The van der Waals surface area contributed by atoms with Gasteiger partial charge in [-0.15, -0.1) is 0 Å². The van der Waals surface area contributed by atoms with Crippen molar-refractivity contribution in [1.82, 2.24) is 20.3 Å². The van der Waals surface area contributed by atoms with Crippen LogP contribution in [0.3, 0.4) is 0 Å². The molecule has 0 bridgehead atoms. The SMILES string of the molecule is CSCC1CC(O)C(c2c[nH]c3c(=O)[nH]cnc23)N1. The molecule has 0 amide bonds. The summed E-state index contributed by atoms with van der Waals surface area (Å²) in [7, 11) is 0. The summed E-state index contributed by atoms with van der Waals surface area (Å²) >= 11 is 1.75.